The molecule has 0 aliphatic heterocycles. The Morgan fingerprint density at radius 3 is 2.29 bits per heavy atom. The molecule has 0 fully saturated rings. The van der Waals surface area contributed by atoms with Crippen LogP contribution < -0.4 is 10.1 Å². The van der Waals surface area contributed by atoms with Crippen molar-refractivity contribution in [3.63, 3.8) is 0 Å². The fraction of sp³-hybridized carbons (Fsp3) is 0.208. The molecule has 31 heavy (non-hydrogen) atoms. The fourth-order valence-electron chi connectivity index (χ4n) is 3.33. The highest BCUT2D eigenvalue weighted by atomic mass is 16.5. The Labute approximate surface area is 180 Å². The molecule has 2 aromatic carbocycles. The minimum absolute atomic E-state index is 0.275. The van der Waals surface area contributed by atoms with Crippen molar-refractivity contribution in [3.05, 3.63) is 82.7 Å². The fourth-order valence-corrected chi connectivity index (χ4v) is 3.33. The SMILES string of the molecule is COC(=O)c1c(C)[nH]c(C(=O)[C@@H](C)Oc2ccccc2C(=O)Nc2ccccc2)c1C. The van der Waals surface area contributed by atoms with Crippen molar-refractivity contribution >= 4 is 23.3 Å². The van der Waals surface area contributed by atoms with E-state index in [1.165, 1.54) is 7.11 Å². The topological polar surface area (TPSA) is 97.5 Å². The van der Waals surface area contributed by atoms with Crippen LogP contribution in [0.3, 0.4) is 0 Å². The van der Waals surface area contributed by atoms with Gasteiger partial charge in [0.1, 0.15) is 5.75 Å². The predicted molar refractivity (Wildman–Crippen MR) is 117 cm³/mol. The first kappa shape index (κ1) is 21.8. The summed E-state index contributed by atoms with van der Waals surface area (Å²) in [6.07, 6.45) is -0.895. The lowest BCUT2D eigenvalue weighted by atomic mass is 10.1. The lowest BCUT2D eigenvalue weighted by Crippen LogP contribution is -2.26. The summed E-state index contributed by atoms with van der Waals surface area (Å²) in [4.78, 5) is 40.7. The van der Waals surface area contributed by atoms with Crippen molar-refractivity contribution in [3.8, 4) is 5.75 Å². The van der Waals surface area contributed by atoms with Gasteiger partial charge in [0.25, 0.3) is 5.91 Å². The van der Waals surface area contributed by atoms with Crippen molar-refractivity contribution in [1.82, 2.24) is 4.98 Å². The summed E-state index contributed by atoms with van der Waals surface area (Å²) in [5, 5.41) is 2.81. The number of amides is 1. The third-order valence-electron chi connectivity index (χ3n) is 4.91. The van der Waals surface area contributed by atoms with E-state index in [1.54, 1.807) is 57.2 Å². The number of anilines is 1. The number of esters is 1. The monoisotopic (exact) mass is 420 g/mol. The molecule has 160 valence electrons. The van der Waals surface area contributed by atoms with Crippen LogP contribution in [0.5, 0.6) is 5.75 Å². The second kappa shape index (κ2) is 9.30. The highest BCUT2D eigenvalue weighted by molar-refractivity contribution is 6.07. The Morgan fingerprint density at radius 1 is 0.968 bits per heavy atom. The summed E-state index contributed by atoms with van der Waals surface area (Å²) < 4.78 is 10.7. The number of H-pyrrole nitrogens is 1. The van der Waals surface area contributed by atoms with Gasteiger partial charge in [-0.15, -0.1) is 0 Å². The van der Waals surface area contributed by atoms with Crippen LogP contribution >= 0.6 is 0 Å². The number of ketones is 1. The van der Waals surface area contributed by atoms with Crippen LogP contribution in [0.15, 0.2) is 54.6 Å². The molecule has 0 radical (unpaired) electrons. The lowest BCUT2D eigenvalue weighted by molar-refractivity contribution is 0.0599. The molecule has 3 aromatic rings. The second-order valence-electron chi connectivity index (χ2n) is 7.06. The van der Waals surface area contributed by atoms with E-state index < -0.39 is 12.1 Å². The minimum atomic E-state index is -0.895. The number of aryl methyl sites for hydroxylation is 1. The van der Waals surface area contributed by atoms with Crippen LogP contribution in [0.4, 0.5) is 5.69 Å². The average Bonchev–Trinajstić information content (AvgIpc) is 3.07. The van der Waals surface area contributed by atoms with E-state index in [1.807, 2.05) is 18.2 Å². The molecule has 1 atom stereocenters. The molecule has 3 rings (SSSR count). The number of aromatic amines is 1. The zero-order valence-electron chi connectivity index (χ0n) is 17.8. The average molecular weight is 420 g/mol. The molecule has 7 heteroatoms. The first-order chi connectivity index (χ1) is 14.8. The molecular weight excluding hydrogens is 396 g/mol. The molecule has 0 bridgehead atoms. The maximum Gasteiger partial charge on any atom is 0.339 e. The molecule has 0 aliphatic rings. The highest BCUT2D eigenvalue weighted by Gasteiger charge is 2.27. The summed E-state index contributed by atoms with van der Waals surface area (Å²) in [6, 6.07) is 15.8. The van der Waals surface area contributed by atoms with Crippen LogP contribution in [0, 0.1) is 13.8 Å². The molecule has 1 aromatic heterocycles. The molecule has 2 N–H and O–H groups in total. The number of nitrogens with one attached hydrogen (secondary N) is 2. The maximum atomic E-state index is 13.0. The molecule has 0 unspecified atom stereocenters. The van der Waals surface area contributed by atoms with Gasteiger partial charge in [0.05, 0.1) is 23.9 Å². The van der Waals surface area contributed by atoms with Gasteiger partial charge < -0.3 is 19.8 Å². The summed E-state index contributed by atoms with van der Waals surface area (Å²) in [7, 11) is 1.29. The number of hydrogen-bond donors (Lipinski definition) is 2. The number of aromatic nitrogens is 1. The van der Waals surface area contributed by atoms with E-state index in [9.17, 15) is 14.4 Å². The Kier molecular flexibility index (Phi) is 6.55. The number of carbonyl (C=O) groups excluding carboxylic acids is 3. The predicted octanol–water partition coefficient (Wildman–Crippen LogP) is 4.32. The van der Waals surface area contributed by atoms with Gasteiger partial charge >= 0.3 is 5.97 Å². The molecule has 1 amide bonds. The zero-order valence-corrected chi connectivity index (χ0v) is 17.8. The number of Topliss-reactive ketones (excluding diaryl/α,β-unsaturated/α-hetero) is 1. The number of benzene rings is 2. The Balaban J connectivity index is 1.81. The van der Waals surface area contributed by atoms with Crippen molar-refractivity contribution in [1.29, 1.82) is 0 Å². The van der Waals surface area contributed by atoms with E-state index in [2.05, 4.69) is 10.3 Å². The van der Waals surface area contributed by atoms with Crippen LogP contribution in [0.2, 0.25) is 0 Å². The minimum Gasteiger partial charge on any atom is -0.482 e. The van der Waals surface area contributed by atoms with E-state index in [-0.39, 0.29) is 23.1 Å². The van der Waals surface area contributed by atoms with Crippen molar-refractivity contribution in [2.45, 2.75) is 26.9 Å². The molecule has 0 spiro atoms. The van der Waals surface area contributed by atoms with Crippen LogP contribution in [-0.4, -0.2) is 35.9 Å². The van der Waals surface area contributed by atoms with E-state index in [0.717, 1.165) is 0 Å². The molecule has 0 saturated heterocycles. The normalized spacial score (nSPS) is 11.5. The first-order valence-corrected chi connectivity index (χ1v) is 9.77. The van der Waals surface area contributed by atoms with Gasteiger partial charge in [0.2, 0.25) is 5.78 Å². The Bertz CT molecular complexity index is 1120. The van der Waals surface area contributed by atoms with Gasteiger partial charge in [-0.05, 0) is 50.6 Å². The summed E-state index contributed by atoms with van der Waals surface area (Å²) >= 11 is 0. The van der Waals surface area contributed by atoms with Gasteiger partial charge in [0, 0.05) is 11.4 Å². The number of hydrogen-bond acceptors (Lipinski definition) is 5. The lowest BCUT2D eigenvalue weighted by Gasteiger charge is -2.16. The number of carbonyl (C=O) groups is 3. The van der Waals surface area contributed by atoms with Crippen molar-refractivity contribution < 1.29 is 23.9 Å². The number of para-hydroxylation sites is 2. The molecule has 0 saturated carbocycles. The standard InChI is InChI=1S/C24H24N2O5/c1-14-20(24(29)30-4)15(2)25-21(14)22(27)16(3)31-19-13-9-8-12-18(19)23(28)26-17-10-6-5-7-11-17/h5-13,16,25H,1-4H3,(H,26,28)/t16-/m1/s1. The van der Waals surface area contributed by atoms with Gasteiger partial charge in [0.15, 0.2) is 6.10 Å². The maximum absolute atomic E-state index is 13.0. The number of rotatable bonds is 7. The molecule has 1 heterocycles. The van der Waals surface area contributed by atoms with Crippen molar-refractivity contribution in [2.24, 2.45) is 0 Å². The first-order valence-electron chi connectivity index (χ1n) is 9.77. The molecule has 0 aliphatic carbocycles. The Hall–Kier alpha value is -3.87. The van der Waals surface area contributed by atoms with Crippen LogP contribution in [-0.2, 0) is 4.74 Å². The van der Waals surface area contributed by atoms with Gasteiger partial charge in [-0.1, -0.05) is 30.3 Å². The number of ether oxygens (including phenoxy) is 2. The highest BCUT2D eigenvalue weighted by Crippen LogP contribution is 2.24. The quantitative estimate of drug-likeness (QED) is 0.438. The molecular formula is C24H24N2O5. The zero-order chi connectivity index (χ0) is 22.5. The van der Waals surface area contributed by atoms with E-state index in [0.29, 0.717) is 28.1 Å². The third-order valence-corrected chi connectivity index (χ3v) is 4.91. The van der Waals surface area contributed by atoms with Gasteiger partial charge in [-0.3, -0.25) is 9.59 Å². The second-order valence-corrected chi connectivity index (χ2v) is 7.06. The van der Waals surface area contributed by atoms with Gasteiger partial charge in [-0.2, -0.15) is 0 Å². The smallest absolute Gasteiger partial charge is 0.339 e. The van der Waals surface area contributed by atoms with E-state index >= 15 is 0 Å². The summed E-state index contributed by atoms with van der Waals surface area (Å²) in [6.45, 7) is 4.98. The number of methoxy groups -OCH3 is 1. The largest absolute Gasteiger partial charge is 0.482 e. The summed E-state index contributed by atoms with van der Waals surface area (Å²) in [5.41, 5.74) is 2.61. The van der Waals surface area contributed by atoms with Crippen LogP contribution in [0.1, 0.15) is 49.4 Å². The Morgan fingerprint density at radius 2 is 1.61 bits per heavy atom. The van der Waals surface area contributed by atoms with E-state index in [4.69, 9.17) is 9.47 Å². The van der Waals surface area contributed by atoms with Crippen molar-refractivity contribution in [2.75, 3.05) is 12.4 Å². The third kappa shape index (κ3) is 4.66. The molecule has 7 nitrogen and oxygen atoms in total. The van der Waals surface area contributed by atoms with Gasteiger partial charge in [-0.25, -0.2) is 4.79 Å². The van der Waals surface area contributed by atoms with Crippen LogP contribution in [0.25, 0.3) is 0 Å². The summed E-state index contributed by atoms with van der Waals surface area (Å²) in [5.74, 6) is -0.914.